The molecule has 2 amide bonds. The van der Waals surface area contributed by atoms with Crippen molar-refractivity contribution in [2.45, 2.75) is 51.5 Å². The molecule has 1 atom stereocenters. The van der Waals surface area contributed by atoms with E-state index in [0.717, 1.165) is 36.7 Å². The zero-order chi connectivity index (χ0) is 18.6. The molecule has 2 heterocycles. The Kier molecular flexibility index (Phi) is 6.51. The van der Waals surface area contributed by atoms with Crippen molar-refractivity contribution in [3.8, 4) is 0 Å². The average molecular weight is 376 g/mol. The summed E-state index contributed by atoms with van der Waals surface area (Å²) >= 11 is 1.99. The third-order valence-corrected chi connectivity index (χ3v) is 6.57. The lowest BCUT2D eigenvalue weighted by atomic mass is 9.87. The van der Waals surface area contributed by atoms with E-state index in [1.165, 1.54) is 31.5 Å². The lowest BCUT2D eigenvalue weighted by molar-refractivity contribution is 0.173. The molecular weight excluding hydrogens is 342 g/mol. The molecule has 144 valence electrons. The molecule has 0 aliphatic carbocycles. The molecule has 0 bridgehead atoms. The van der Waals surface area contributed by atoms with E-state index in [2.05, 4.69) is 48.0 Å². The van der Waals surface area contributed by atoms with Crippen molar-refractivity contribution in [3.05, 3.63) is 29.8 Å². The number of carbonyl (C=O) groups is 1. The number of likely N-dealkylation sites (tertiary alicyclic amines) is 1. The van der Waals surface area contributed by atoms with Crippen molar-refractivity contribution in [3.63, 3.8) is 0 Å². The topological polar surface area (TPSA) is 35.6 Å². The quantitative estimate of drug-likeness (QED) is 0.849. The Balaban J connectivity index is 1.65. The molecule has 2 saturated heterocycles. The standard InChI is InChI=1S/C21H33N3OS/c1-21(2,3)17-7-9-18(10-8-17)22-20(25)24-13-6-14-26-16-19(24)15-23-11-4-5-12-23/h7-10,19H,4-6,11-16H2,1-3H3,(H,22,25). The molecule has 0 radical (unpaired) electrons. The van der Waals surface area contributed by atoms with Crippen molar-refractivity contribution in [2.24, 2.45) is 0 Å². The van der Waals surface area contributed by atoms with E-state index in [4.69, 9.17) is 0 Å². The molecule has 1 aromatic rings. The number of hydrogen-bond donors (Lipinski definition) is 1. The first kappa shape index (κ1) is 19.6. The Morgan fingerprint density at radius 2 is 1.81 bits per heavy atom. The first-order valence-electron chi connectivity index (χ1n) is 9.92. The lowest BCUT2D eigenvalue weighted by Crippen LogP contribution is -2.49. The van der Waals surface area contributed by atoms with E-state index < -0.39 is 0 Å². The Morgan fingerprint density at radius 1 is 1.12 bits per heavy atom. The van der Waals surface area contributed by atoms with Gasteiger partial charge in [0.05, 0.1) is 6.04 Å². The zero-order valence-electron chi connectivity index (χ0n) is 16.5. The minimum absolute atomic E-state index is 0.0557. The summed E-state index contributed by atoms with van der Waals surface area (Å²) in [5.74, 6) is 2.20. The van der Waals surface area contributed by atoms with Gasteiger partial charge in [-0.05, 0) is 61.2 Å². The second kappa shape index (κ2) is 8.66. The fraction of sp³-hybridized carbons (Fsp3) is 0.667. The average Bonchev–Trinajstić information content (AvgIpc) is 2.99. The second-order valence-electron chi connectivity index (χ2n) is 8.54. The van der Waals surface area contributed by atoms with E-state index in [1.807, 2.05) is 23.9 Å². The number of amides is 2. The minimum atomic E-state index is 0.0557. The van der Waals surface area contributed by atoms with E-state index in [1.54, 1.807) is 0 Å². The highest BCUT2D eigenvalue weighted by atomic mass is 32.2. The van der Waals surface area contributed by atoms with Crippen LogP contribution in [-0.4, -0.2) is 59.6 Å². The largest absolute Gasteiger partial charge is 0.322 e. The maximum absolute atomic E-state index is 13.0. The maximum Gasteiger partial charge on any atom is 0.322 e. The van der Waals surface area contributed by atoms with Gasteiger partial charge in [0.1, 0.15) is 0 Å². The summed E-state index contributed by atoms with van der Waals surface area (Å²) in [6.45, 7) is 10.9. The number of hydrogen-bond acceptors (Lipinski definition) is 3. The molecule has 0 aromatic heterocycles. The van der Waals surface area contributed by atoms with Gasteiger partial charge in [-0.15, -0.1) is 0 Å². The van der Waals surface area contributed by atoms with Crippen molar-refractivity contribution in [1.29, 1.82) is 0 Å². The van der Waals surface area contributed by atoms with E-state index in [9.17, 15) is 4.79 Å². The van der Waals surface area contributed by atoms with Gasteiger partial charge in [0.25, 0.3) is 0 Å². The van der Waals surface area contributed by atoms with Crippen LogP contribution in [0.4, 0.5) is 10.5 Å². The van der Waals surface area contributed by atoms with Crippen LogP contribution in [0.3, 0.4) is 0 Å². The van der Waals surface area contributed by atoms with Crippen LogP contribution >= 0.6 is 11.8 Å². The van der Waals surface area contributed by atoms with Crippen LogP contribution in [0.2, 0.25) is 0 Å². The monoisotopic (exact) mass is 375 g/mol. The van der Waals surface area contributed by atoms with Gasteiger partial charge in [0.15, 0.2) is 0 Å². The minimum Gasteiger partial charge on any atom is -0.319 e. The van der Waals surface area contributed by atoms with Crippen LogP contribution in [-0.2, 0) is 5.41 Å². The molecule has 5 heteroatoms. The molecule has 2 fully saturated rings. The highest BCUT2D eigenvalue weighted by molar-refractivity contribution is 7.99. The maximum atomic E-state index is 13.0. The molecule has 4 nitrogen and oxygen atoms in total. The van der Waals surface area contributed by atoms with Crippen LogP contribution in [0.25, 0.3) is 0 Å². The van der Waals surface area contributed by atoms with Gasteiger partial charge < -0.3 is 15.1 Å². The van der Waals surface area contributed by atoms with E-state index in [-0.39, 0.29) is 11.4 Å². The van der Waals surface area contributed by atoms with Gasteiger partial charge in [-0.1, -0.05) is 32.9 Å². The Hall–Kier alpha value is -1.20. The molecule has 1 unspecified atom stereocenters. The predicted molar refractivity (Wildman–Crippen MR) is 112 cm³/mol. The number of rotatable bonds is 3. The summed E-state index contributed by atoms with van der Waals surface area (Å²) in [4.78, 5) is 17.6. The smallest absolute Gasteiger partial charge is 0.319 e. The van der Waals surface area contributed by atoms with Crippen LogP contribution in [0.1, 0.15) is 45.6 Å². The summed E-state index contributed by atoms with van der Waals surface area (Å²) in [6.07, 6.45) is 3.68. The van der Waals surface area contributed by atoms with Gasteiger partial charge in [-0.2, -0.15) is 11.8 Å². The number of anilines is 1. The third-order valence-electron chi connectivity index (χ3n) is 5.37. The van der Waals surface area contributed by atoms with Gasteiger partial charge in [0.2, 0.25) is 0 Å². The molecule has 0 spiro atoms. The summed E-state index contributed by atoms with van der Waals surface area (Å²) < 4.78 is 0. The zero-order valence-corrected chi connectivity index (χ0v) is 17.3. The Morgan fingerprint density at radius 3 is 2.46 bits per heavy atom. The third kappa shape index (κ3) is 5.17. The predicted octanol–water partition coefficient (Wildman–Crippen LogP) is 4.42. The number of nitrogens with one attached hydrogen (secondary N) is 1. The first-order chi connectivity index (χ1) is 12.4. The van der Waals surface area contributed by atoms with Crippen LogP contribution in [0.15, 0.2) is 24.3 Å². The molecular formula is C21H33N3OS. The molecule has 26 heavy (non-hydrogen) atoms. The van der Waals surface area contributed by atoms with Crippen molar-refractivity contribution in [2.75, 3.05) is 43.0 Å². The van der Waals surface area contributed by atoms with Gasteiger partial charge >= 0.3 is 6.03 Å². The van der Waals surface area contributed by atoms with Gasteiger partial charge in [-0.3, -0.25) is 0 Å². The van der Waals surface area contributed by atoms with Crippen LogP contribution < -0.4 is 5.32 Å². The number of carbonyl (C=O) groups excluding carboxylic acids is 1. The lowest BCUT2D eigenvalue weighted by Gasteiger charge is -2.32. The highest BCUT2D eigenvalue weighted by Gasteiger charge is 2.28. The van der Waals surface area contributed by atoms with Gasteiger partial charge in [-0.25, -0.2) is 4.79 Å². The Labute approximate surface area is 162 Å². The summed E-state index contributed by atoms with van der Waals surface area (Å²) in [6, 6.07) is 8.67. The van der Waals surface area contributed by atoms with Crippen molar-refractivity contribution in [1.82, 2.24) is 9.80 Å². The van der Waals surface area contributed by atoms with E-state index in [0.29, 0.717) is 6.04 Å². The normalized spacial score (nSPS) is 22.3. The number of nitrogens with zero attached hydrogens (tertiary/aromatic N) is 2. The summed E-state index contributed by atoms with van der Waals surface area (Å²) in [5.41, 5.74) is 2.30. The second-order valence-corrected chi connectivity index (χ2v) is 9.69. The SMILES string of the molecule is CC(C)(C)c1ccc(NC(=O)N2CCCSCC2CN2CCCC2)cc1. The molecule has 3 rings (SSSR count). The van der Waals surface area contributed by atoms with E-state index >= 15 is 0 Å². The van der Waals surface area contributed by atoms with Crippen molar-refractivity contribution >= 4 is 23.5 Å². The van der Waals surface area contributed by atoms with Gasteiger partial charge in [0, 0.05) is 24.5 Å². The molecule has 0 saturated carbocycles. The Bertz CT molecular complexity index is 590. The number of urea groups is 1. The molecule has 1 aromatic carbocycles. The number of thioether (sulfide) groups is 1. The fourth-order valence-corrected chi connectivity index (χ4v) is 4.82. The van der Waals surface area contributed by atoms with Crippen LogP contribution in [0, 0.1) is 0 Å². The van der Waals surface area contributed by atoms with Crippen LogP contribution in [0.5, 0.6) is 0 Å². The summed E-state index contributed by atoms with van der Waals surface area (Å²) in [5, 5.41) is 3.13. The highest BCUT2D eigenvalue weighted by Crippen LogP contribution is 2.24. The molecule has 2 aliphatic heterocycles. The molecule has 2 aliphatic rings. The molecule has 1 N–H and O–H groups in total. The number of benzene rings is 1. The summed E-state index contributed by atoms with van der Waals surface area (Å²) in [7, 11) is 0. The van der Waals surface area contributed by atoms with Crippen molar-refractivity contribution < 1.29 is 4.79 Å². The first-order valence-corrected chi connectivity index (χ1v) is 11.1. The fourth-order valence-electron chi connectivity index (χ4n) is 3.76.